The monoisotopic (exact) mass is 240 g/mol. The molecule has 1 fully saturated rings. The Bertz CT molecular complexity index is 397. The molecule has 1 aliphatic heterocycles. The van der Waals surface area contributed by atoms with Gasteiger partial charge in [-0.05, 0) is 18.6 Å². The minimum Gasteiger partial charge on any atom is -0.380 e. The zero-order valence-electron chi connectivity index (χ0n) is 9.02. The van der Waals surface area contributed by atoms with Gasteiger partial charge in [-0.1, -0.05) is 11.6 Å². The highest BCUT2D eigenvalue weighted by atomic mass is 35.5. The van der Waals surface area contributed by atoms with Crippen LogP contribution in [0.4, 0.5) is 0 Å². The van der Waals surface area contributed by atoms with Crippen molar-refractivity contribution in [2.45, 2.75) is 12.5 Å². The number of ether oxygens (including phenoxy) is 1. The van der Waals surface area contributed by atoms with E-state index in [4.69, 9.17) is 16.3 Å². The number of aromatic nitrogens is 1. The smallest absolute Gasteiger partial charge is 0.272 e. The maximum Gasteiger partial charge on any atom is 0.272 e. The van der Waals surface area contributed by atoms with E-state index in [2.05, 4.69) is 4.98 Å². The minimum atomic E-state index is -0.0814. The largest absolute Gasteiger partial charge is 0.380 e. The lowest BCUT2D eigenvalue weighted by molar-refractivity contribution is 0.0719. The van der Waals surface area contributed by atoms with Crippen LogP contribution >= 0.6 is 11.6 Å². The first-order valence-electron chi connectivity index (χ1n) is 5.14. The predicted octanol–water partition coefficient (Wildman–Crippen LogP) is 1.60. The first kappa shape index (κ1) is 11.4. The van der Waals surface area contributed by atoms with Crippen LogP contribution in [0.15, 0.2) is 18.3 Å². The summed E-state index contributed by atoms with van der Waals surface area (Å²) in [6.45, 7) is 1.34. The number of carbonyl (C=O) groups is 1. The Morgan fingerprint density at radius 1 is 1.69 bits per heavy atom. The Morgan fingerprint density at radius 2 is 2.50 bits per heavy atom. The molecule has 2 rings (SSSR count). The van der Waals surface area contributed by atoms with Crippen molar-refractivity contribution in [3.8, 4) is 0 Å². The van der Waals surface area contributed by atoms with Crippen LogP contribution in [-0.4, -0.2) is 42.1 Å². The second kappa shape index (κ2) is 4.80. The summed E-state index contributed by atoms with van der Waals surface area (Å²) in [6.07, 6.45) is 2.56. The van der Waals surface area contributed by atoms with Crippen molar-refractivity contribution in [1.82, 2.24) is 9.88 Å². The fourth-order valence-corrected chi connectivity index (χ4v) is 1.95. The summed E-state index contributed by atoms with van der Waals surface area (Å²) in [5, 5.41) is 0.529. The lowest BCUT2D eigenvalue weighted by atomic mass is 10.3. The molecule has 86 valence electrons. The highest BCUT2D eigenvalue weighted by Gasteiger charge is 2.27. The van der Waals surface area contributed by atoms with Gasteiger partial charge in [-0.25, -0.2) is 0 Å². The molecule has 4 nitrogen and oxygen atoms in total. The maximum atomic E-state index is 12.0. The average molecular weight is 241 g/mol. The second-order valence-electron chi connectivity index (χ2n) is 3.76. The molecule has 1 aromatic rings. The van der Waals surface area contributed by atoms with Gasteiger partial charge in [0.05, 0.1) is 6.10 Å². The maximum absolute atomic E-state index is 12.0. The Balaban J connectivity index is 2.08. The van der Waals surface area contributed by atoms with Crippen LogP contribution in [0.25, 0.3) is 0 Å². The molecule has 0 aliphatic carbocycles. The van der Waals surface area contributed by atoms with Crippen LogP contribution in [0.1, 0.15) is 16.9 Å². The van der Waals surface area contributed by atoms with Gasteiger partial charge >= 0.3 is 0 Å². The van der Waals surface area contributed by atoms with Crippen molar-refractivity contribution in [2.75, 3.05) is 20.2 Å². The van der Waals surface area contributed by atoms with E-state index >= 15 is 0 Å². The third-order valence-corrected chi connectivity index (χ3v) is 2.94. The Hall–Kier alpha value is -1.13. The molecule has 0 radical (unpaired) electrons. The summed E-state index contributed by atoms with van der Waals surface area (Å²) < 4.78 is 5.21. The third kappa shape index (κ3) is 2.33. The molecule has 1 atom stereocenters. The van der Waals surface area contributed by atoms with Crippen LogP contribution in [-0.2, 0) is 4.74 Å². The molecule has 2 heterocycles. The van der Waals surface area contributed by atoms with Gasteiger partial charge in [-0.3, -0.25) is 9.78 Å². The Kier molecular flexibility index (Phi) is 3.41. The molecule has 1 amide bonds. The van der Waals surface area contributed by atoms with Crippen molar-refractivity contribution in [3.63, 3.8) is 0 Å². The van der Waals surface area contributed by atoms with Crippen molar-refractivity contribution in [3.05, 3.63) is 29.0 Å². The fraction of sp³-hybridized carbons (Fsp3) is 0.455. The van der Waals surface area contributed by atoms with Crippen molar-refractivity contribution < 1.29 is 9.53 Å². The van der Waals surface area contributed by atoms with Crippen LogP contribution in [0.5, 0.6) is 0 Å². The molecule has 0 aromatic carbocycles. The highest BCUT2D eigenvalue weighted by molar-refractivity contribution is 6.30. The fourth-order valence-electron chi connectivity index (χ4n) is 1.79. The lowest BCUT2D eigenvalue weighted by Gasteiger charge is -2.15. The van der Waals surface area contributed by atoms with Crippen LogP contribution in [0.2, 0.25) is 5.02 Å². The quantitative estimate of drug-likeness (QED) is 0.789. The number of nitrogens with zero attached hydrogens (tertiary/aromatic N) is 2. The van der Waals surface area contributed by atoms with Crippen LogP contribution in [0.3, 0.4) is 0 Å². The summed E-state index contributed by atoms with van der Waals surface area (Å²) >= 11 is 5.82. The van der Waals surface area contributed by atoms with Gasteiger partial charge in [0.25, 0.3) is 5.91 Å². The second-order valence-corrected chi connectivity index (χ2v) is 4.19. The number of halogens is 1. The van der Waals surface area contributed by atoms with E-state index in [-0.39, 0.29) is 12.0 Å². The van der Waals surface area contributed by atoms with E-state index in [1.54, 1.807) is 30.3 Å². The number of amides is 1. The minimum absolute atomic E-state index is 0.0814. The zero-order chi connectivity index (χ0) is 11.5. The summed E-state index contributed by atoms with van der Waals surface area (Å²) in [4.78, 5) is 17.8. The summed E-state index contributed by atoms with van der Waals surface area (Å²) in [5.74, 6) is -0.0814. The number of rotatable bonds is 2. The standard InChI is InChI=1S/C11H13ClN2O2/c1-16-9-3-5-14(7-9)11(15)10-6-8(12)2-4-13-10/h2,4,6,9H,3,5,7H2,1H3. The molecule has 1 aromatic heterocycles. The molecule has 0 bridgehead atoms. The van der Waals surface area contributed by atoms with E-state index in [9.17, 15) is 4.79 Å². The predicted molar refractivity (Wildman–Crippen MR) is 60.6 cm³/mol. The molecule has 5 heteroatoms. The number of methoxy groups -OCH3 is 1. The topological polar surface area (TPSA) is 42.4 Å². The van der Waals surface area contributed by atoms with E-state index < -0.39 is 0 Å². The van der Waals surface area contributed by atoms with E-state index in [1.807, 2.05) is 0 Å². The highest BCUT2D eigenvalue weighted by Crippen LogP contribution is 2.16. The zero-order valence-corrected chi connectivity index (χ0v) is 9.78. The molecule has 1 aliphatic rings. The third-order valence-electron chi connectivity index (χ3n) is 2.71. The molecular weight excluding hydrogens is 228 g/mol. The summed E-state index contributed by atoms with van der Waals surface area (Å²) in [5.41, 5.74) is 0.393. The van der Waals surface area contributed by atoms with Crippen LogP contribution < -0.4 is 0 Å². The average Bonchev–Trinajstić information content (AvgIpc) is 2.76. The van der Waals surface area contributed by atoms with Gasteiger partial charge in [-0.15, -0.1) is 0 Å². The van der Waals surface area contributed by atoms with Gasteiger partial charge in [0.15, 0.2) is 0 Å². The Labute approximate surface area is 99.2 Å². The van der Waals surface area contributed by atoms with Gasteiger partial charge in [0.2, 0.25) is 0 Å². The SMILES string of the molecule is COC1CCN(C(=O)c2cc(Cl)ccn2)C1. The summed E-state index contributed by atoms with van der Waals surface area (Å²) in [7, 11) is 1.66. The normalized spacial score (nSPS) is 20.1. The van der Waals surface area contributed by atoms with Crippen LogP contribution in [0, 0.1) is 0 Å². The summed E-state index contributed by atoms with van der Waals surface area (Å²) in [6, 6.07) is 3.24. The van der Waals surface area contributed by atoms with Gasteiger partial charge < -0.3 is 9.64 Å². The van der Waals surface area contributed by atoms with Crippen molar-refractivity contribution in [2.24, 2.45) is 0 Å². The first-order chi connectivity index (χ1) is 7.70. The van der Waals surface area contributed by atoms with Crippen molar-refractivity contribution >= 4 is 17.5 Å². The number of carbonyl (C=O) groups excluding carboxylic acids is 1. The number of hydrogen-bond donors (Lipinski definition) is 0. The lowest BCUT2D eigenvalue weighted by Crippen LogP contribution is -2.30. The van der Waals surface area contributed by atoms with E-state index in [0.29, 0.717) is 23.8 Å². The number of pyridine rings is 1. The van der Waals surface area contributed by atoms with Gasteiger partial charge in [-0.2, -0.15) is 0 Å². The molecule has 1 unspecified atom stereocenters. The van der Waals surface area contributed by atoms with Crippen molar-refractivity contribution in [1.29, 1.82) is 0 Å². The Morgan fingerprint density at radius 3 is 3.12 bits per heavy atom. The van der Waals surface area contributed by atoms with E-state index in [1.165, 1.54) is 0 Å². The molecular formula is C11H13ClN2O2. The van der Waals surface area contributed by atoms with Gasteiger partial charge in [0.1, 0.15) is 5.69 Å². The number of hydrogen-bond acceptors (Lipinski definition) is 3. The first-order valence-corrected chi connectivity index (χ1v) is 5.52. The molecule has 0 N–H and O–H groups in total. The van der Waals surface area contributed by atoms with Gasteiger partial charge in [0, 0.05) is 31.4 Å². The van der Waals surface area contributed by atoms with E-state index in [0.717, 1.165) is 6.42 Å². The molecule has 0 saturated carbocycles. The number of likely N-dealkylation sites (tertiary alicyclic amines) is 1. The molecule has 0 spiro atoms. The molecule has 16 heavy (non-hydrogen) atoms. The molecule has 1 saturated heterocycles.